The Kier molecular flexibility index (Phi) is 14.8. The molecule has 296 valence electrons. The molecule has 1 saturated heterocycles. The summed E-state index contributed by atoms with van der Waals surface area (Å²) in [6.07, 6.45) is 7.07. The van der Waals surface area contributed by atoms with Gasteiger partial charge in [0.05, 0.1) is 44.0 Å². The highest BCUT2D eigenvalue weighted by Crippen LogP contribution is 2.35. The Hall–Kier alpha value is -2.52. The second-order valence-electron chi connectivity index (χ2n) is 16.4. The van der Waals surface area contributed by atoms with Crippen molar-refractivity contribution < 1.29 is 41.6 Å². The Morgan fingerprint density at radius 2 is 1.79 bits per heavy atom. The van der Waals surface area contributed by atoms with Crippen LogP contribution in [0.4, 0.5) is 4.79 Å². The van der Waals surface area contributed by atoms with Gasteiger partial charge in [-0.2, -0.15) is 4.31 Å². The largest absolute Gasteiger partial charge is 0.463 e. The van der Waals surface area contributed by atoms with E-state index in [-0.39, 0.29) is 36.0 Å². The van der Waals surface area contributed by atoms with Gasteiger partial charge in [-0.3, -0.25) is 0 Å². The Morgan fingerprint density at radius 1 is 1.00 bits per heavy atom. The molecular formula is C40H62N2O9SSi. The molecule has 2 aromatic carbocycles. The third-order valence-corrected chi connectivity index (χ3v) is 13.7. The van der Waals surface area contributed by atoms with Gasteiger partial charge in [0.1, 0.15) is 18.6 Å². The molecule has 2 fully saturated rings. The lowest BCUT2D eigenvalue weighted by atomic mass is 9.96. The van der Waals surface area contributed by atoms with Gasteiger partial charge in [0.15, 0.2) is 0 Å². The first-order valence-corrected chi connectivity index (χ1v) is 24.6. The van der Waals surface area contributed by atoms with Crippen LogP contribution >= 0.6 is 0 Å². The summed E-state index contributed by atoms with van der Waals surface area (Å²) in [5.74, 6) is 0.155. The van der Waals surface area contributed by atoms with Crippen LogP contribution in [0, 0.1) is 0 Å². The smallest absolute Gasteiger partial charge is 0.410 e. The van der Waals surface area contributed by atoms with Crippen LogP contribution in [0.5, 0.6) is 5.75 Å². The van der Waals surface area contributed by atoms with Crippen LogP contribution in [0.25, 0.3) is 0 Å². The van der Waals surface area contributed by atoms with Crippen LogP contribution in [-0.2, 0) is 46.9 Å². The summed E-state index contributed by atoms with van der Waals surface area (Å²) >= 11 is 0. The van der Waals surface area contributed by atoms with E-state index in [0.717, 1.165) is 79.9 Å². The molecule has 5 rings (SSSR count). The van der Waals surface area contributed by atoms with E-state index in [0.29, 0.717) is 46.1 Å². The van der Waals surface area contributed by atoms with E-state index in [4.69, 9.17) is 28.4 Å². The highest BCUT2D eigenvalue weighted by Gasteiger charge is 2.35. The van der Waals surface area contributed by atoms with Crippen molar-refractivity contribution in [3.63, 3.8) is 0 Å². The fourth-order valence-electron chi connectivity index (χ4n) is 6.94. The van der Waals surface area contributed by atoms with Crippen molar-refractivity contribution in [2.45, 2.75) is 140 Å². The lowest BCUT2D eigenvalue weighted by Gasteiger charge is -2.33. The predicted molar refractivity (Wildman–Crippen MR) is 207 cm³/mol. The van der Waals surface area contributed by atoms with E-state index in [9.17, 15) is 13.2 Å². The molecule has 0 radical (unpaired) electrons. The number of amides is 1. The maximum atomic E-state index is 13.9. The zero-order valence-corrected chi connectivity index (χ0v) is 34.6. The number of benzene rings is 2. The zero-order chi connectivity index (χ0) is 38.1. The lowest BCUT2D eigenvalue weighted by Crippen LogP contribution is -2.43. The summed E-state index contributed by atoms with van der Waals surface area (Å²) < 4.78 is 64.7. The molecule has 2 aromatic rings. The Bertz CT molecular complexity index is 1590. The standard InChI is InChI=1S/C40H62N2O9SSi/c1-31(13-10-11-20-41-27-38(50-39(41)43)33-18-19-37-34(26-33)29-49-40(2,3)51-37)48-22-21-46-28-32-14-12-17-36(25-32)52(44,45)42(35-15-8-7-9-16-35)30-47-23-24-53(4,5)6/h12,14,17-19,25-26,31,35,38H,7-11,13,15-16,20-24,27-30H2,1-6H3. The molecule has 11 nitrogen and oxygen atoms in total. The normalized spacial score (nSPS) is 19.9. The van der Waals surface area contributed by atoms with E-state index in [1.807, 2.05) is 45.0 Å². The molecule has 53 heavy (non-hydrogen) atoms. The van der Waals surface area contributed by atoms with Crippen LogP contribution in [-0.4, -0.2) is 89.4 Å². The number of hydrogen-bond donors (Lipinski definition) is 0. The van der Waals surface area contributed by atoms with Crippen LogP contribution < -0.4 is 4.74 Å². The number of sulfonamides is 1. The van der Waals surface area contributed by atoms with Gasteiger partial charge in [0.25, 0.3) is 0 Å². The number of cyclic esters (lactones) is 1. The van der Waals surface area contributed by atoms with Crippen molar-refractivity contribution in [1.29, 1.82) is 0 Å². The minimum atomic E-state index is -3.72. The maximum absolute atomic E-state index is 13.9. The number of hydrogen-bond acceptors (Lipinski definition) is 9. The molecule has 1 amide bonds. The van der Waals surface area contributed by atoms with Gasteiger partial charge in [-0.05, 0) is 80.5 Å². The van der Waals surface area contributed by atoms with E-state index in [2.05, 4.69) is 19.6 Å². The number of nitrogens with zero attached hydrogens (tertiary/aromatic N) is 2. The van der Waals surface area contributed by atoms with Gasteiger partial charge in [-0.1, -0.05) is 57.1 Å². The Labute approximate surface area is 318 Å². The summed E-state index contributed by atoms with van der Waals surface area (Å²) in [6, 6.07) is 14.0. The van der Waals surface area contributed by atoms with Crippen molar-refractivity contribution in [2.24, 2.45) is 0 Å². The average molecular weight is 775 g/mol. The molecule has 0 bridgehead atoms. The summed E-state index contributed by atoms with van der Waals surface area (Å²) in [4.78, 5) is 14.6. The first-order chi connectivity index (χ1) is 25.2. The number of carbonyl (C=O) groups is 1. The first-order valence-electron chi connectivity index (χ1n) is 19.5. The van der Waals surface area contributed by atoms with Crippen molar-refractivity contribution in [1.82, 2.24) is 9.21 Å². The second-order valence-corrected chi connectivity index (χ2v) is 23.9. The molecule has 3 aliphatic rings. The first kappa shape index (κ1) is 41.6. The molecule has 0 aromatic heterocycles. The third-order valence-electron chi connectivity index (χ3n) is 10.2. The predicted octanol–water partition coefficient (Wildman–Crippen LogP) is 8.25. The third kappa shape index (κ3) is 12.5. The van der Waals surface area contributed by atoms with Crippen LogP contribution in [0.2, 0.25) is 25.7 Å². The van der Waals surface area contributed by atoms with E-state index in [1.54, 1.807) is 27.4 Å². The zero-order valence-electron chi connectivity index (χ0n) is 32.8. The summed E-state index contributed by atoms with van der Waals surface area (Å²) in [6.45, 7) is 16.2. The van der Waals surface area contributed by atoms with Crippen LogP contribution in [0.1, 0.15) is 94.9 Å². The van der Waals surface area contributed by atoms with Crippen molar-refractivity contribution in [3.05, 3.63) is 59.2 Å². The second kappa shape index (κ2) is 18.9. The molecule has 2 atom stereocenters. The van der Waals surface area contributed by atoms with Crippen molar-refractivity contribution >= 4 is 24.2 Å². The molecular weight excluding hydrogens is 713 g/mol. The fourth-order valence-corrected chi connectivity index (χ4v) is 9.34. The Balaban J connectivity index is 0.990. The highest BCUT2D eigenvalue weighted by atomic mass is 32.2. The van der Waals surface area contributed by atoms with E-state index < -0.39 is 23.9 Å². The molecule has 0 N–H and O–H groups in total. The van der Waals surface area contributed by atoms with Crippen molar-refractivity contribution in [3.8, 4) is 5.75 Å². The quantitative estimate of drug-likeness (QED) is 0.0746. The summed E-state index contributed by atoms with van der Waals surface area (Å²) in [7, 11) is -5.00. The average Bonchev–Trinajstić information content (AvgIpc) is 3.49. The highest BCUT2D eigenvalue weighted by molar-refractivity contribution is 7.89. The molecule has 2 aliphatic heterocycles. The maximum Gasteiger partial charge on any atom is 0.410 e. The monoisotopic (exact) mass is 774 g/mol. The minimum absolute atomic E-state index is 0.0330. The van der Waals surface area contributed by atoms with Gasteiger partial charge in [0, 0.05) is 46.7 Å². The van der Waals surface area contributed by atoms with Crippen LogP contribution in [0.3, 0.4) is 0 Å². The van der Waals surface area contributed by atoms with Gasteiger partial charge in [-0.15, -0.1) is 0 Å². The molecule has 1 saturated carbocycles. The summed E-state index contributed by atoms with van der Waals surface area (Å²) in [5.41, 5.74) is 2.72. The van der Waals surface area contributed by atoms with E-state index >= 15 is 0 Å². The number of rotatable bonds is 20. The number of unbranched alkanes of at least 4 members (excludes halogenated alkanes) is 1. The Morgan fingerprint density at radius 3 is 2.57 bits per heavy atom. The molecule has 13 heteroatoms. The summed E-state index contributed by atoms with van der Waals surface area (Å²) in [5, 5.41) is 0. The number of fused-ring (bicyclic) bond motifs is 1. The molecule has 0 spiro atoms. The van der Waals surface area contributed by atoms with Crippen molar-refractivity contribution in [2.75, 3.05) is 39.6 Å². The number of ether oxygens (including phenoxy) is 6. The van der Waals surface area contributed by atoms with Gasteiger partial charge in [0.2, 0.25) is 15.8 Å². The minimum Gasteiger partial charge on any atom is -0.463 e. The molecule has 1 aliphatic carbocycles. The topological polar surface area (TPSA) is 113 Å². The van der Waals surface area contributed by atoms with E-state index in [1.165, 1.54) is 0 Å². The number of carbonyl (C=O) groups excluding carboxylic acids is 1. The van der Waals surface area contributed by atoms with Gasteiger partial charge in [-0.25, -0.2) is 13.2 Å². The van der Waals surface area contributed by atoms with Gasteiger partial charge < -0.3 is 33.3 Å². The molecule has 2 heterocycles. The SMILES string of the molecule is CC(CCCCN1CC(c2ccc3c(c2)COC(C)(C)O3)OC1=O)OCCOCc1cccc(S(=O)(=O)N(COCC[Si](C)(C)C)C2CCCCC2)c1. The lowest BCUT2D eigenvalue weighted by molar-refractivity contribution is -0.180. The molecule has 2 unspecified atom stereocenters. The van der Waals surface area contributed by atoms with Gasteiger partial charge >= 0.3 is 6.09 Å². The van der Waals surface area contributed by atoms with Crippen LogP contribution in [0.15, 0.2) is 47.4 Å². The fraction of sp³-hybridized carbons (Fsp3) is 0.675.